The van der Waals surface area contributed by atoms with Gasteiger partial charge in [-0.1, -0.05) is 13.3 Å². The highest BCUT2D eigenvalue weighted by Crippen LogP contribution is 2.14. The van der Waals surface area contributed by atoms with Gasteiger partial charge < -0.3 is 23.8 Å². The van der Waals surface area contributed by atoms with Crippen LogP contribution in [0.25, 0.3) is 0 Å². The first-order valence-electron chi connectivity index (χ1n) is 10.8. The van der Waals surface area contributed by atoms with Gasteiger partial charge in [0.05, 0.1) is 13.7 Å². The maximum atomic E-state index is 13.2. The standard InChI is InChI=1S/C24H35N3O4/c1-5-6-15-26(18-21-9-7-14-25(21)2)23(28)19-27(16-8-17-30-3)24(29)20-10-12-22(31-4)13-11-20/h7,9-14H,5-6,8,15-19H2,1-4H3. The molecule has 0 aliphatic carbocycles. The number of carbonyl (C=O) groups excluding carboxylic acids is 2. The first kappa shape index (κ1) is 24.5. The zero-order valence-electron chi connectivity index (χ0n) is 19.2. The fourth-order valence-electron chi connectivity index (χ4n) is 3.33. The molecule has 0 aliphatic heterocycles. The first-order valence-corrected chi connectivity index (χ1v) is 10.8. The first-order chi connectivity index (χ1) is 15.0. The van der Waals surface area contributed by atoms with E-state index >= 15 is 0 Å². The molecule has 0 N–H and O–H groups in total. The number of nitrogens with zero attached hydrogens (tertiary/aromatic N) is 3. The largest absolute Gasteiger partial charge is 0.497 e. The van der Waals surface area contributed by atoms with E-state index in [0.29, 0.717) is 44.0 Å². The molecule has 0 saturated heterocycles. The summed E-state index contributed by atoms with van der Waals surface area (Å²) in [5.41, 5.74) is 1.60. The second kappa shape index (κ2) is 12.8. The fraction of sp³-hybridized carbons (Fsp3) is 0.500. The Labute approximate surface area is 185 Å². The minimum atomic E-state index is -0.165. The van der Waals surface area contributed by atoms with Gasteiger partial charge in [0, 0.05) is 51.3 Å². The third-order valence-corrected chi connectivity index (χ3v) is 5.27. The molecule has 0 saturated carbocycles. The van der Waals surface area contributed by atoms with Gasteiger partial charge in [-0.3, -0.25) is 9.59 Å². The maximum absolute atomic E-state index is 13.2. The quantitative estimate of drug-likeness (QED) is 0.458. The van der Waals surface area contributed by atoms with E-state index in [4.69, 9.17) is 9.47 Å². The Balaban J connectivity index is 2.15. The normalized spacial score (nSPS) is 10.7. The van der Waals surface area contributed by atoms with Crippen LogP contribution in [0.15, 0.2) is 42.6 Å². The third-order valence-electron chi connectivity index (χ3n) is 5.27. The van der Waals surface area contributed by atoms with Crippen molar-refractivity contribution in [3.63, 3.8) is 0 Å². The fourth-order valence-corrected chi connectivity index (χ4v) is 3.33. The molecular formula is C24H35N3O4. The van der Waals surface area contributed by atoms with Crippen LogP contribution >= 0.6 is 0 Å². The van der Waals surface area contributed by atoms with E-state index in [9.17, 15) is 9.59 Å². The minimum absolute atomic E-state index is 0.0444. The summed E-state index contributed by atoms with van der Waals surface area (Å²) in [5.74, 6) is 0.474. The number of aromatic nitrogens is 1. The molecule has 1 aromatic carbocycles. The summed E-state index contributed by atoms with van der Waals surface area (Å²) >= 11 is 0. The Hall–Kier alpha value is -2.80. The van der Waals surface area contributed by atoms with Crippen molar-refractivity contribution >= 4 is 11.8 Å². The lowest BCUT2D eigenvalue weighted by Crippen LogP contribution is -2.43. The van der Waals surface area contributed by atoms with E-state index in [-0.39, 0.29) is 18.4 Å². The molecule has 0 unspecified atom stereocenters. The van der Waals surface area contributed by atoms with Gasteiger partial charge >= 0.3 is 0 Å². The van der Waals surface area contributed by atoms with Gasteiger partial charge in [0.15, 0.2) is 0 Å². The van der Waals surface area contributed by atoms with Gasteiger partial charge in [0.25, 0.3) is 5.91 Å². The smallest absolute Gasteiger partial charge is 0.254 e. The molecular weight excluding hydrogens is 394 g/mol. The molecule has 170 valence electrons. The number of benzene rings is 1. The molecule has 0 aliphatic rings. The average molecular weight is 430 g/mol. The molecule has 2 aromatic rings. The highest BCUT2D eigenvalue weighted by Gasteiger charge is 2.22. The van der Waals surface area contributed by atoms with Crippen molar-refractivity contribution in [2.45, 2.75) is 32.7 Å². The van der Waals surface area contributed by atoms with Gasteiger partial charge in [-0.05, 0) is 49.2 Å². The van der Waals surface area contributed by atoms with Crippen molar-refractivity contribution in [2.75, 3.05) is 40.5 Å². The second-order valence-corrected chi connectivity index (χ2v) is 7.58. The van der Waals surface area contributed by atoms with Crippen LogP contribution in [0, 0.1) is 0 Å². The van der Waals surface area contributed by atoms with Crippen LogP contribution in [0.5, 0.6) is 5.75 Å². The van der Waals surface area contributed by atoms with Gasteiger partial charge in [0.2, 0.25) is 5.91 Å². The topological polar surface area (TPSA) is 64.0 Å². The van der Waals surface area contributed by atoms with E-state index in [1.165, 1.54) is 0 Å². The lowest BCUT2D eigenvalue weighted by molar-refractivity contribution is -0.132. The van der Waals surface area contributed by atoms with E-state index in [0.717, 1.165) is 18.5 Å². The average Bonchev–Trinajstić information content (AvgIpc) is 3.19. The van der Waals surface area contributed by atoms with Crippen LogP contribution in [0.4, 0.5) is 0 Å². The summed E-state index contributed by atoms with van der Waals surface area (Å²) in [6, 6.07) is 11.0. The zero-order chi connectivity index (χ0) is 22.6. The van der Waals surface area contributed by atoms with Crippen molar-refractivity contribution in [3.8, 4) is 5.75 Å². The predicted octanol–water partition coefficient (Wildman–Crippen LogP) is 3.34. The monoisotopic (exact) mass is 429 g/mol. The number of ether oxygens (including phenoxy) is 2. The zero-order valence-corrected chi connectivity index (χ0v) is 19.2. The van der Waals surface area contributed by atoms with Crippen molar-refractivity contribution in [3.05, 3.63) is 53.9 Å². The summed E-state index contributed by atoms with van der Waals surface area (Å²) in [4.78, 5) is 29.9. The lowest BCUT2D eigenvalue weighted by Gasteiger charge is -2.28. The molecule has 0 spiro atoms. The van der Waals surface area contributed by atoms with Gasteiger partial charge in [0.1, 0.15) is 12.3 Å². The van der Waals surface area contributed by atoms with E-state index < -0.39 is 0 Å². The number of hydrogen-bond donors (Lipinski definition) is 0. The summed E-state index contributed by atoms with van der Waals surface area (Å²) in [7, 11) is 5.19. The van der Waals surface area contributed by atoms with Crippen LogP contribution in [-0.4, -0.2) is 66.6 Å². The SMILES string of the molecule is CCCCN(Cc1cccn1C)C(=O)CN(CCCOC)C(=O)c1ccc(OC)cc1. The minimum Gasteiger partial charge on any atom is -0.497 e. The Morgan fingerprint density at radius 1 is 1.00 bits per heavy atom. The Bertz CT molecular complexity index is 816. The molecule has 31 heavy (non-hydrogen) atoms. The van der Waals surface area contributed by atoms with Gasteiger partial charge in [-0.15, -0.1) is 0 Å². The number of aryl methyl sites for hydroxylation is 1. The molecule has 2 rings (SSSR count). The van der Waals surface area contributed by atoms with E-state index in [1.807, 2.05) is 34.8 Å². The number of rotatable bonds is 13. The Morgan fingerprint density at radius 3 is 2.29 bits per heavy atom. The van der Waals surface area contributed by atoms with Crippen LogP contribution in [-0.2, 0) is 23.1 Å². The Morgan fingerprint density at radius 2 is 1.71 bits per heavy atom. The van der Waals surface area contributed by atoms with Crippen LogP contribution in [0.1, 0.15) is 42.2 Å². The number of amides is 2. The van der Waals surface area contributed by atoms with E-state index in [2.05, 4.69) is 6.92 Å². The Kier molecular flexibility index (Phi) is 10.1. The predicted molar refractivity (Wildman–Crippen MR) is 121 cm³/mol. The molecule has 0 radical (unpaired) electrons. The van der Waals surface area contributed by atoms with Gasteiger partial charge in [-0.2, -0.15) is 0 Å². The highest BCUT2D eigenvalue weighted by atomic mass is 16.5. The summed E-state index contributed by atoms with van der Waals surface area (Å²) in [6.45, 7) is 4.34. The highest BCUT2D eigenvalue weighted by molar-refractivity contribution is 5.96. The second-order valence-electron chi connectivity index (χ2n) is 7.58. The van der Waals surface area contributed by atoms with Crippen molar-refractivity contribution < 1.29 is 19.1 Å². The lowest BCUT2D eigenvalue weighted by atomic mass is 10.1. The van der Waals surface area contributed by atoms with E-state index in [1.54, 1.807) is 43.4 Å². The molecule has 0 fully saturated rings. The molecule has 2 amide bonds. The summed E-state index contributed by atoms with van der Waals surface area (Å²) in [6.07, 6.45) is 4.56. The van der Waals surface area contributed by atoms with Crippen molar-refractivity contribution in [1.29, 1.82) is 0 Å². The van der Waals surface area contributed by atoms with Crippen LogP contribution in [0.2, 0.25) is 0 Å². The van der Waals surface area contributed by atoms with Gasteiger partial charge in [-0.25, -0.2) is 0 Å². The number of carbonyl (C=O) groups is 2. The molecule has 7 nitrogen and oxygen atoms in total. The molecule has 0 atom stereocenters. The number of unbranched alkanes of at least 4 members (excludes halogenated alkanes) is 1. The maximum Gasteiger partial charge on any atom is 0.254 e. The van der Waals surface area contributed by atoms with Crippen LogP contribution in [0.3, 0.4) is 0 Å². The van der Waals surface area contributed by atoms with Crippen LogP contribution < -0.4 is 4.74 Å². The molecule has 1 heterocycles. The third kappa shape index (κ3) is 7.43. The molecule has 7 heteroatoms. The summed E-state index contributed by atoms with van der Waals surface area (Å²) < 4.78 is 12.3. The summed E-state index contributed by atoms with van der Waals surface area (Å²) in [5, 5.41) is 0. The number of hydrogen-bond acceptors (Lipinski definition) is 4. The van der Waals surface area contributed by atoms with Crippen molar-refractivity contribution in [2.24, 2.45) is 7.05 Å². The molecule has 1 aromatic heterocycles. The molecule has 0 bridgehead atoms. The number of methoxy groups -OCH3 is 2. The van der Waals surface area contributed by atoms with Crippen molar-refractivity contribution in [1.82, 2.24) is 14.4 Å².